The number of carboxylic acid groups (broad SMARTS) is 1. The van der Waals surface area contributed by atoms with Crippen molar-refractivity contribution in [2.45, 2.75) is 9.92 Å². The van der Waals surface area contributed by atoms with Crippen molar-refractivity contribution in [2.75, 3.05) is 6.54 Å². The summed E-state index contributed by atoms with van der Waals surface area (Å²) in [5.41, 5.74) is -0.653. The molecule has 4 aromatic rings. The zero-order chi connectivity index (χ0) is 19.7. The number of H-pyrrole nitrogens is 1. The van der Waals surface area contributed by atoms with Crippen LogP contribution < -0.4 is 10.7 Å². The van der Waals surface area contributed by atoms with E-state index in [2.05, 4.69) is 20.4 Å². The molecule has 140 valence electrons. The van der Waals surface area contributed by atoms with Crippen LogP contribution in [0.4, 0.5) is 0 Å². The molecule has 0 fully saturated rings. The third-order valence-corrected chi connectivity index (χ3v) is 5.06. The van der Waals surface area contributed by atoms with Crippen molar-refractivity contribution >= 4 is 40.1 Å². The van der Waals surface area contributed by atoms with Crippen LogP contribution >= 0.6 is 11.8 Å². The molecule has 0 aliphatic heterocycles. The van der Waals surface area contributed by atoms with E-state index in [1.165, 1.54) is 28.7 Å². The number of nitrogens with zero attached hydrogens (tertiary/aromatic N) is 3. The predicted molar refractivity (Wildman–Crippen MR) is 102 cm³/mol. The summed E-state index contributed by atoms with van der Waals surface area (Å²) in [6.07, 6.45) is 4.81. The second-order valence-corrected chi connectivity index (χ2v) is 6.87. The highest BCUT2D eigenvalue weighted by Gasteiger charge is 2.20. The van der Waals surface area contributed by atoms with E-state index in [0.29, 0.717) is 5.03 Å². The second-order valence-electron chi connectivity index (χ2n) is 5.81. The first-order valence-corrected chi connectivity index (χ1v) is 8.96. The van der Waals surface area contributed by atoms with Gasteiger partial charge in [-0.2, -0.15) is 0 Å². The van der Waals surface area contributed by atoms with Gasteiger partial charge in [0.2, 0.25) is 0 Å². The van der Waals surface area contributed by atoms with Crippen molar-refractivity contribution < 1.29 is 14.7 Å². The average molecular weight is 395 g/mol. The van der Waals surface area contributed by atoms with E-state index in [1.54, 1.807) is 12.4 Å². The molecule has 0 bridgehead atoms. The number of amides is 1. The fraction of sp³-hybridized carbons (Fsp3) is 0.0556. The van der Waals surface area contributed by atoms with Crippen molar-refractivity contribution in [1.29, 1.82) is 0 Å². The number of carbonyl (C=O) groups excluding carboxylic acids is 1. The third-order valence-electron chi connectivity index (χ3n) is 4.00. The minimum Gasteiger partial charge on any atom is -0.480 e. The van der Waals surface area contributed by atoms with Gasteiger partial charge in [0.05, 0.1) is 0 Å². The number of hydrogen-bond acceptors (Lipinski definition) is 6. The van der Waals surface area contributed by atoms with Gasteiger partial charge in [0.25, 0.3) is 5.91 Å². The molecule has 0 aliphatic carbocycles. The molecule has 3 N–H and O–H groups in total. The summed E-state index contributed by atoms with van der Waals surface area (Å²) >= 11 is 1.31. The van der Waals surface area contributed by atoms with Gasteiger partial charge in [-0.25, -0.2) is 9.50 Å². The molecular weight excluding hydrogens is 382 g/mol. The highest BCUT2D eigenvalue weighted by Crippen LogP contribution is 2.32. The van der Waals surface area contributed by atoms with Crippen molar-refractivity contribution in [3.63, 3.8) is 0 Å². The lowest BCUT2D eigenvalue weighted by molar-refractivity contribution is -0.135. The molecule has 0 unspecified atom stereocenters. The van der Waals surface area contributed by atoms with E-state index < -0.39 is 23.9 Å². The van der Waals surface area contributed by atoms with Crippen LogP contribution in [0.15, 0.2) is 63.8 Å². The van der Waals surface area contributed by atoms with Crippen molar-refractivity contribution in [3.8, 4) is 0 Å². The van der Waals surface area contributed by atoms with Gasteiger partial charge in [0.15, 0.2) is 11.1 Å². The Morgan fingerprint density at radius 1 is 1.25 bits per heavy atom. The van der Waals surface area contributed by atoms with E-state index in [0.717, 1.165) is 15.7 Å². The highest BCUT2D eigenvalue weighted by atomic mass is 32.2. The molecule has 9 nitrogen and oxygen atoms in total. The lowest BCUT2D eigenvalue weighted by Crippen LogP contribution is -2.33. The van der Waals surface area contributed by atoms with Gasteiger partial charge in [-0.3, -0.25) is 24.5 Å². The van der Waals surface area contributed by atoms with Crippen LogP contribution in [0.25, 0.3) is 16.4 Å². The number of rotatable bonds is 5. The first-order chi connectivity index (χ1) is 13.5. The number of fused-ring (bicyclic) bond motifs is 2. The van der Waals surface area contributed by atoms with Crippen LogP contribution in [-0.4, -0.2) is 43.1 Å². The highest BCUT2D eigenvalue weighted by molar-refractivity contribution is 7.99. The Balaban J connectivity index is 1.78. The maximum absolute atomic E-state index is 12.6. The van der Waals surface area contributed by atoms with E-state index in [4.69, 9.17) is 5.11 Å². The van der Waals surface area contributed by atoms with Crippen molar-refractivity contribution in [2.24, 2.45) is 0 Å². The number of aliphatic carboxylic acids is 1. The van der Waals surface area contributed by atoms with Crippen LogP contribution in [0, 0.1) is 0 Å². The van der Waals surface area contributed by atoms with Crippen molar-refractivity contribution in [1.82, 2.24) is 24.9 Å². The Morgan fingerprint density at radius 2 is 2.07 bits per heavy atom. The summed E-state index contributed by atoms with van der Waals surface area (Å²) < 4.78 is 1.50. The van der Waals surface area contributed by atoms with E-state index in [1.807, 2.05) is 24.3 Å². The Hall–Kier alpha value is -3.66. The molecule has 28 heavy (non-hydrogen) atoms. The van der Waals surface area contributed by atoms with Gasteiger partial charge in [-0.1, -0.05) is 36.0 Å². The fourth-order valence-electron chi connectivity index (χ4n) is 2.79. The maximum atomic E-state index is 12.6. The summed E-state index contributed by atoms with van der Waals surface area (Å²) in [5.74, 6) is -2.00. The number of benzene rings is 1. The summed E-state index contributed by atoms with van der Waals surface area (Å²) in [7, 11) is 0. The Bertz CT molecular complexity index is 1270. The first kappa shape index (κ1) is 17.7. The SMILES string of the molecule is O=C(O)CNC(=O)c1c(=O)cc(Sc2cncc3ccccc23)n2[nH]cnc12. The molecule has 3 heterocycles. The quantitative estimate of drug-likeness (QED) is 0.467. The molecule has 0 atom stereocenters. The van der Waals surface area contributed by atoms with E-state index >= 15 is 0 Å². The van der Waals surface area contributed by atoms with Crippen LogP contribution in [0.1, 0.15) is 10.4 Å². The number of nitrogens with one attached hydrogen (secondary N) is 2. The molecule has 0 saturated heterocycles. The van der Waals surface area contributed by atoms with Gasteiger partial charge >= 0.3 is 5.97 Å². The van der Waals surface area contributed by atoms with E-state index in [-0.39, 0.29) is 11.2 Å². The number of pyridine rings is 2. The molecule has 10 heteroatoms. The molecule has 1 aromatic carbocycles. The zero-order valence-corrected chi connectivity index (χ0v) is 15.1. The minimum absolute atomic E-state index is 0.117. The average Bonchev–Trinajstić information content (AvgIpc) is 3.16. The molecule has 1 amide bonds. The molecule has 4 rings (SSSR count). The van der Waals surface area contributed by atoms with Gasteiger partial charge in [0.1, 0.15) is 23.5 Å². The normalized spacial score (nSPS) is 11.0. The molecule has 0 saturated carbocycles. The lowest BCUT2D eigenvalue weighted by Gasteiger charge is -2.09. The van der Waals surface area contributed by atoms with E-state index in [9.17, 15) is 14.4 Å². The summed E-state index contributed by atoms with van der Waals surface area (Å²) in [4.78, 5) is 44.7. The monoisotopic (exact) mass is 395 g/mol. The summed E-state index contributed by atoms with van der Waals surface area (Å²) in [6.45, 7) is -0.590. The smallest absolute Gasteiger partial charge is 0.322 e. The molecule has 3 aromatic heterocycles. The largest absolute Gasteiger partial charge is 0.480 e. The third kappa shape index (κ3) is 3.21. The van der Waals surface area contributed by atoms with Gasteiger partial charge in [0, 0.05) is 28.7 Å². The van der Waals surface area contributed by atoms with Gasteiger partial charge in [-0.05, 0) is 5.39 Å². The fourth-order valence-corrected chi connectivity index (χ4v) is 3.82. The van der Waals surface area contributed by atoms with Crippen molar-refractivity contribution in [3.05, 3.63) is 64.8 Å². The molecule has 0 radical (unpaired) electrons. The minimum atomic E-state index is -1.21. The number of hydrogen-bond donors (Lipinski definition) is 3. The topological polar surface area (TPSA) is 129 Å². The van der Waals surface area contributed by atoms with Crippen LogP contribution in [0.5, 0.6) is 0 Å². The number of carbonyl (C=O) groups is 2. The van der Waals surface area contributed by atoms with Gasteiger partial charge < -0.3 is 10.4 Å². The number of aromatic amines is 1. The second kappa shape index (κ2) is 7.16. The maximum Gasteiger partial charge on any atom is 0.322 e. The molecule has 0 spiro atoms. The number of carboxylic acids is 1. The number of aromatic nitrogens is 4. The Labute approximate surface area is 161 Å². The van der Waals surface area contributed by atoms with Crippen LogP contribution in [-0.2, 0) is 4.79 Å². The van der Waals surface area contributed by atoms with Crippen LogP contribution in [0.2, 0.25) is 0 Å². The van der Waals surface area contributed by atoms with Gasteiger partial charge in [-0.15, -0.1) is 0 Å². The first-order valence-electron chi connectivity index (χ1n) is 8.14. The summed E-state index contributed by atoms with van der Waals surface area (Å²) in [5, 5.41) is 16.2. The van der Waals surface area contributed by atoms with Crippen LogP contribution in [0.3, 0.4) is 0 Å². The standard InChI is InChI=1S/C18H13N5O4S/c24-12-5-14(28-13-7-19-6-10-3-1-2-4-11(10)13)23-17(21-9-22-23)16(12)18(27)20-8-15(25)26/h1-7,9H,8H2,(H,20,27)(H,21,22)(H,25,26). The molecule has 0 aliphatic rings. The lowest BCUT2D eigenvalue weighted by atomic mass is 10.2. The Kier molecular flexibility index (Phi) is 4.53. The zero-order valence-electron chi connectivity index (χ0n) is 14.2. The Morgan fingerprint density at radius 3 is 2.89 bits per heavy atom. The predicted octanol–water partition coefficient (Wildman–Crippen LogP) is 1.54. The summed E-state index contributed by atoms with van der Waals surface area (Å²) in [6, 6.07) is 9.05. The molecular formula is C18H13N5O4S.